The third-order valence-corrected chi connectivity index (χ3v) is 11.2. The zero-order chi connectivity index (χ0) is 30.6. The summed E-state index contributed by atoms with van der Waals surface area (Å²) in [4.78, 5) is 35.5. The third-order valence-electron chi connectivity index (χ3n) is 9.77. The molecule has 230 valence electrons. The number of hydrogen-bond acceptors (Lipinski definition) is 8. The molecule has 43 heavy (non-hydrogen) atoms. The lowest BCUT2D eigenvalue weighted by Crippen LogP contribution is -2.62. The number of aryl methyl sites for hydroxylation is 2. The van der Waals surface area contributed by atoms with Crippen LogP contribution in [0.15, 0.2) is 28.8 Å². The van der Waals surface area contributed by atoms with Crippen molar-refractivity contribution in [3.63, 3.8) is 0 Å². The average molecular weight is 612 g/mol. The highest BCUT2D eigenvalue weighted by Crippen LogP contribution is 2.48. The van der Waals surface area contributed by atoms with Crippen molar-refractivity contribution in [3.05, 3.63) is 57.2 Å². The van der Waals surface area contributed by atoms with Crippen LogP contribution in [-0.2, 0) is 14.9 Å². The normalized spacial score (nSPS) is 20.1. The van der Waals surface area contributed by atoms with Crippen LogP contribution in [-0.4, -0.2) is 59.0 Å². The third kappa shape index (κ3) is 6.11. The number of ketones is 2. The second-order valence-corrected chi connectivity index (χ2v) is 15.1. The van der Waals surface area contributed by atoms with Crippen molar-refractivity contribution in [2.45, 2.75) is 84.1 Å². The highest BCUT2D eigenvalue weighted by molar-refractivity contribution is 7.11. The summed E-state index contributed by atoms with van der Waals surface area (Å²) in [5, 5.41) is 4.88. The van der Waals surface area contributed by atoms with Crippen molar-refractivity contribution in [3.8, 4) is 11.3 Å². The molecule has 2 saturated heterocycles. The second kappa shape index (κ2) is 11.3. The van der Waals surface area contributed by atoms with E-state index in [1.54, 1.807) is 11.3 Å². The Morgan fingerprint density at radius 2 is 1.81 bits per heavy atom. The van der Waals surface area contributed by atoms with Crippen molar-refractivity contribution < 1.29 is 27.6 Å². The molecular weight excluding hydrogens is 572 g/mol. The van der Waals surface area contributed by atoms with E-state index in [4.69, 9.17) is 14.2 Å². The van der Waals surface area contributed by atoms with Gasteiger partial charge in [0.05, 0.1) is 29.5 Å². The number of Topliss-reactive ketones (excluding diaryl/α,β-unsaturated/α-hetero) is 2. The van der Waals surface area contributed by atoms with E-state index in [0.29, 0.717) is 37.4 Å². The van der Waals surface area contributed by atoms with Gasteiger partial charge < -0.3 is 9.26 Å². The van der Waals surface area contributed by atoms with Gasteiger partial charge in [0, 0.05) is 71.6 Å². The van der Waals surface area contributed by atoms with Gasteiger partial charge in [-0.05, 0) is 51.7 Å². The second-order valence-electron chi connectivity index (χ2n) is 13.9. The standard InChI is InChI=1S/C33H39F2N3O4S/c1-20-21(2)43-30(36-20)31(3,4)13-24(39)14-33(16-38(17-33)23-7-9-32(10-8-23)18-41-19-32)15-28(40)27-12-29(42-37-27)25-6-5-22(34)11-26(25)35/h5-6,11-12,23H,7-10,13-19H2,1-4H3. The number of aromatic nitrogens is 2. The minimum atomic E-state index is -0.789. The molecule has 0 unspecified atom stereocenters. The van der Waals surface area contributed by atoms with E-state index in [-0.39, 0.29) is 35.0 Å². The maximum absolute atomic E-state index is 14.3. The number of ether oxygens (including phenoxy) is 1. The maximum Gasteiger partial charge on any atom is 0.185 e. The lowest BCUT2D eigenvalue weighted by molar-refractivity contribution is -0.149. The molecular formula is C33H39F2N3O4S. The fraction of sp³-hybridized carbons (Fsp3) is 0.576. The average Bonchev–Trinajstić information content (AvgIpc) is 3.53. The number of hydrogen-bond donors (Lipinski definition) is 0. The molecule has 3 aliphatic rings. The monoisotopic (exact) mass is 611 g/mol. The van der Waals surface area contributed by atoms with E-state index in [0.717, 1.165) is 66.6 Å². The van der Waals surface area contributed by atoms with Crippen LogP contribution >= 0.6 is 11.3 Å². The van der Waals surface area contributed by atoms with Gasteiger partial charge in [-0.2, -0.15) is 0 Å². The van der Waals surface area contributed by atoms with Crippen LogP contribution in [0.2, 0.25) is 0 Å². The first-order valence-corrected chi connectivity index (χ1v) is 15.9. The lowest BCUT2D eigenvalue weighted by Gasteiger charge is -2.56. The van der Waals surface area contributed by atoms with Crippen molar-refractivity contribution in [1.29, 1.82) is 0 Å². The molecule has 3 aromatic rings. The van der Waals surface area contributed by atoms with Crippen molar-refractivity contribution >= 4 is 22.9 Å². The van der Waals surface area contributed by atoms with Crippen LogP contribution in [0.25, 0.3) is 11.3 Å². The molecule has 3 fully saturated rings. The molecule has 0 bridgehead atoms. The van der Waals surface area contributed by atoms with Gasteiger partial charge in [0.15, 0.2) is 11.5 Å². The molecule has 2 aromatic heterocycles. The van der Waals surface area contributed by atoms with Crippen molar-refractivity contribution in [2.75, 3.05) is 26.3 Å². The van der Waals surface area contributed by atoms with Crippen LogP contribution in [0.3, 0.4) is 0 Å². The van der Waals surface area contributed by atoms with Gasteiger partial charge in [-0.25, -0.2) is 13.8 Å². The largest absolute Gasteiger partial charge is 0.380 e. The van der Waals surface area contributed by atoms with E-state index in [1.165, 1.54) is 12.1 Å². The number of carbonyl (C=O) groups is 2. The number of nitrogens with zero attached hydrogens (tertiary/aromatic N) is 3. The summed E-state index contributed by atoms with van der Waals surface area (Å²) in [5.74, 6) is -1.55. The molecule has 4 heterocycles. The summed E-state index contributed by atoms with van der Waals surface area (Å²) in [6, 6.07) is 5.02. The lowest BCUT2D eigenvalue weighted by atomic mass is 9.66. The molecule has 2 aliphatic heterocycles. The van der Waals surface area contributed by atoms with Crippen LogP contribution in [0.1, 0.15) is 84.9 Å². The fourth-order valence-corrected chi connectivity index (χ4v) is 8.10. The first-order chi connectivity index (χ1) is 20.4. The van der Waals surface area contributed by atoms with Gasteiger partial charge in [0.25, 0.3) is 0 Å². The Balaban J connectivity index is 1.16. The topological polar surface area (TPSA) is 85.5 Å². The molecule has 0 N–H and O–H groups in total. The Morgan fingerprint density at radius 3 is 2.42 bits per heavy atom. The summed E-state index contributed by atoms with van der Waals surface area (Å²) in [6.45, 7) is 11.2. The Kier molecular flexibility index (Phi) is 7.92. The molecule has 1 aliphatic carbocycles. The van der Waals surface area contributed by atoms with Crippen molar-refractivity contribution in [2.24, 2.45) is 10.8 Å². The zero-order valence-corrected chi connectivity index (χ0v) is 26.1. The van der Waals surface area contributed by atoms with Crippen LogP contribution in [0, 0.1) is 36.3 Å². The Labute approximate surface area is 255 Å². The minimum Gasteiger partial charge on any atom is -0.380 e. The van der Waals surface area contributed by atoms with Gasteiger partial charge in [-0.1, -0.05) is 19.0 Å². The highest BCUT2D eigenvalue weighted by atomic mass is 32.1. The fourth-order valence-electron chi connectivity index (χ4n) is 7.08. The van der Waals surface area contributed by atoms with Crippen LogP contribution < -0.4 is 0 Å². The summed E-state index contributed by atoms with van der Waals surface area (Å²) in [7, 11) is 0. The van der Waals surface area contributed by atoms with Gasteiger partial charge in [0.2, 0.25) is 0 Å². The number of thiazole rings is 1. The quantitative estimate of drug-likeness (QED) is 0.232. The molecule has 1 saturated carbocycles. The van der Waals surface area contributed by atoms with E-state index >= 15 is 0 Å². The van der Waals surface area contributed by atoms with Gasteiger partial charge in [0.1, 0.15) is 23.1 Å². The first kappa shape index (κ1) is 30.2. The molecule has 10 heteroatoms. The molecule has 6 rings (SSSR count). The zero-order valence-electron chi connectivity index (χ0n) is 25.3. The molecule has 7 nitrogen and oxygen atoms in total. The molecule has 0 atom stereocenters. The molecule has 1 spiro atoms. The Bertz CT molecular complexity index is 1510. The van der Waals surface area contributed by atoms with Crippen LogP contribution in [0.5, 0.6) is 0 Å². The van der Waals surface area contributed by atoms with E-state index in [1.807, 2.05) is 13.8 Å². The first-order valence-electron chi connectivity index (χ1n) is 15.1. The number of likely N-dealkylation sites (tertiary alicyclic amines) is 1. The predicted molar refractivity (Wildman–Crippen MR) is 159 cm³/mol. The van der Waals surface area contributed by atoms with Crippen molar-refractivity contribution in [1.82, 2.24) is 15.0 Å². The number of rotatable bonds is 10. The highest BCUT2D eigenvalue weighted by Gasteiger charge is 2.51. The number of carbonyl (C=O) groups excluding carboxylic acids is 2. The Morgan fingerprint density at radius 1 is 1.09 bits per heavy atom. The molecule has 1 aromatic carbocycles. The van der Waals surface area contributed by atoms with E-state index in [2.05, 4.69) is 23.9 Å². The summed E-state index contributed by atoms with van der Waals surface area (Å²) < 4.78 is 38.5. The summed E-state index contributed by atoms with van der Waals surface area (Å²) in [6.07, 6.45) is 5.31. The van der Waals surface area contributed by atoms with Gasteiger partial charge in [-0.15, -0.1) is 11.3 Å². The molecule has 0 amide bonds. The van der Waals surface area contributed by atoms with Gasteiger partial charge >= 0.3 is 0 Å². The number of halogens is 2. The maximum atomic E-state index is 14.3. The predicted octanol–water partition coefficient (Wildman–Crippen LogP) is 6.85. The molecule has 0 radical (unpaired) electrons. The summed E-state index contributed by atoms with van der Waals surface area (Å²) >= 11 is 1.64. The summed E-state index contributed by atoms with van der Waals surface area (Å²) in [5.41, 5.74) is 0.563. The van der Waals surface area contributed by atoms with E-state index < -0.39 is 22.5 Å². The van der Waals surface area contributed by atoms with Gasteiger partial charge in [-0.3, -0.25) is 14.5 Å². The Hall–Kier alpha value is -2.82. The number of benzene rings is 1. The van der Waals surface area contributed by atoms with E-state index in [9.17, 15) is 18.4 Å². The van der Waals surface area contributed by atoms with Crippen LogP contribution in [0.4, 0.5) is 8.78 Å². The SMILES string of the molecule is Cc1nc(C(C)(C)CC(=O)CC2(CC(=O)c3cc(-c4ccc(F)cc4F)on3)CN(C3CCC4(CC3)COC4)C2)sc1C. The smallest absolute Gasteiger partial charge is 0.185 e. The minimum absolute atomic E-state index is 0.0366.